The molecule has 9 heteroatoms. The number of fused-ring (bicyclic) bond motifs is 1. The van der Waals surface area contributed by atoms with E-state index in [1.807, 2.05) is 39.0 Å². The molecule has 42 heavy (non-hydrogen) atoms. The minimum absolute atomic E-state index is 0.0190. The maximum atomic E-state index is 13.4. The van der Waals surface area contributed by atoms with Gasteiger partial charge in [-0.3, -0.25) is 24.0 Å². The number of aryl methyl sites for hydroxylation is 1. The first-order chi connectivity index (χ1) is 20.0. The first-order valence-electron chi connectivity index (χ1n) is 14.4. The molecule has 4 rings (SSSR count). The third kappa shape index (κ3) is 7.49. The Morgan fingerprint density at radius 3 is 2.57 bits per heavy atom. The number of ketones is 2. The lowest BCUT2D eigenvalue weighted by molar-refractivity contribution is -0.122. The summed E-state index contributed by atoms with van der Waals surface area (Å²) >= 11 is 0. The van der Waals surface area contributed by atoms with Crippen LogP contribution in [0.2, 0.25) is 0 Å². The van der Waals surface area contributed by atoms with Crippen LogP contribution in [0.4, 0.5) is 13.2 Å². The molecule has 0 fully saturated rings. The number of imidazole rings is 1. The van der Waals surface area contributed by atoms with Gasteiger partial charge in [-0.1, -0.05) is 43.2 Å². The van der Waals surface area contributed by atoms with E-state index in [9.17, 15) is 22.8 Å². The zero-order chi connectivity index (χ0) is 30.4. The van der Waals surface area contributed by atoms with Crippen LogP contribution >= 0.6 is 0 Å². The summed E-state index contributed by atoms with van der Waals surface area (Å²) in [4.78, 5) is 37.7. The van der Waals surface area contributed by atoms with Crippen LogP contribution in [0.25, 0.3) is 11.2 Å². The van der Waals surface area contributed by atoms with Gasteiger partial charge in [0.15, 0.2) is 11.4 Å². The smallest absolute Gasteiger partial charge is 0.299 e. The van der Waals surface area contributed by atoms with Gasteiger partial charge in [0.25, 0.3) is 0 Å². The number of carbonyl (C=O) groups excluding carboxylic acids is 2. The fourth-order valence-corrected chi connectivity index (χ4v) is 5.28. The van der Waals surface area contributed by atoms with Crippen molar-refractivity contribution in [1.29, 1.82) is 0 Å². The molecule has 3 heterocycles. The number of halogens is 3. The predicted molar refractivity (Wildman–Crippen MR) is 159 cm³/mol. The molecule has 222 valence electrons. The molecule has 0 spiro atoms. The fraction of sp³-hybridized carbons (Fsp3) is 0.424. The number of carbonyl (C=O) groups is 2. The highest BCUT2D eigenvalue weighted by Gasteiger charge is 2.40. The lowest BCUT2D eigenvalue weighted by Crippen LogP contribution is -2.23. The Morgan fingerprint density at radius 2 is 1.86 bits per heavy atom. The Bertz CT molecular complexity index is 1550. The number of hydrogen-bond acceptors (Lipinski definition) is 5. The van der Waals surface area contributed by atoms with Gasteiger partial charge in [0, 0.05) is 48.7 Å². The lowest BCUT2D eigenvalue weighted by Gasteiger charge is -2.11. The molecule has 0 aliphatic carbocycles. The van der Waals surface area contributed by atoms with Gasteiger partial charge in [0.1, 0.15) is 11.5 Å². The van der Waals surface area contributed by atoms with Crippen LogP contribution < -0.4 is 0 Å². The Kier molecular flexibility index (Phi) is 9.91. The van der Waals surface area contributed by atoms with E-state index in [2.05, 4.69) is 21.5 Å². The number of hydrogen-bond donors (Lipinski definition) is 0. The molecular weight excluding hydrogens is 541 g/mol. The molecule has 2 aromatic heterocycles. The molecule has 0 radical (unpaired) electrons. The summed E-state index contributed by atoms with van der Waals surface area (Å²) in [5, 5.41) is 0. The summed E-state index contributed by atoms with van der Waals surface area (Å²) in [5.74, 6) is 0.398. The van der Waals surface area contributed by atoms with E-state index in [0.717, 1.165) is 48.8 Å². The largest absolute Gasteiger partial charge is 0.433 e. The molecule has 0 amide bonds. The lowest BCUT2D eigenvalue weighted by atomic mass is 9.94. The van der Waals surface area contributed by atoms with Crippen molar-refractivity contribution in [3.63, 3.8) is 0 Å². The number of nitrogens with zero attached hydrogens (tertiary/aromatic N) is 4. The van der Waals surface area contributed by atoms with E-state index in [0.29, 0.717) is 41.9 Å². The van der Waals surface area contributed by atoms with Crippen LogP contribution in [0.15, 0.2) is 60.0 Å². The monoisotopic (exact) mass is 578 g/mol. The number of Topliss-reactive ketones (excluding diaryl/α,β-unsaturated/α-hetero) is 2. The number of aliphatic imine (C=N–C) groups is 1. The van der Waals surface area contributed by atoms with Gasteiger partial charge in [0.2, 0.25) is 0 Å². The number of alkyl halides is 3. The first kappa shape index (κ1) is 31.1. The van der Waals surface area contributed by atoms with Crippen LogP contribution in [0, 0.1) is 12.8 Å². The van der Waals surface area contributed by atoms with E-state index in [1.54, 1.807) is 16.8 Å². The summed E-state index contributed by atoms with van der Waals surface area (Å²) in [7, 11) is 0. The van der Waals surface area contributed by atoms with Crippen molar-refractivity contribution >= 4 is 28.5 Å². The van der Waals surface area contributed by atoms with Crippen LogP contribution in [0.5, 0.6) is 0 Å². The maximum Gasteiger partial charge on any atom is 0.433 e. The van der Waals surface area contributed by atoms with Gasteiger partial charge in [-0.15, -0.1) is 6.58 Å². The molecule has 3 aromatic rings. The summed E-state index contributed by atoms with van der Waals surface area (Å²) in [5.41, 5.74) is 4.09. The van der Waals surface area contributed by atoms with Crippen molar-refractivity contribution in [3.8, 4) is 0 Å². The third-order valence-corrected chi connectivity index (χ3v) is 7.69. The molecule has 0 saturated carbocycles. The minimum Gasteiger partial charge on any atom is -0.299 e. The highest BCUT2D eigenvalue weighted by molar-refractivity contribution is 6.27. The normalized spacial score (nSPS) is 14.1. The van der Waals surface area contributed by atoms with Crippen LogP contribution in [0.3, 0.4) is 0 Å². The molecule has 6 nitrogen and oxygen atoms in total. The molecule has 1 atom stereocenters. The molecule has 1 aliphatic heterocycles. The number of rotatable bonds is 14. The average Bonchev–Trinajstić information content (AvgIpc) is 3.59. The van der Waals surface area contributed by atoms with Crippen molar-refractivity contribution in [2.24, 2.45) is 10.9 Å². The molecule has 0 saturated heterocycles. The molecule has 0 unspecified atom stereocenters. The van der Waals surface area contributed by atoms with E-state index < -0.39 is 11.9 Å². The van der Waals surface area contributed by atoms with E-state index in [-0.39, 0.29) is 29.6 Å². The van der Waals surface area contributed by atoms with Crippen molar-refractivity contribution in [2.45, 2.75) is 78.3 Å². The van der Waals surface area contributed by atoms with Crippen molar-refractivity contribution in [1.82, 2.24) is 14.4 Å². The second kappa shape index (κ2) is 13.4. The van der Waals surface area contributed by atoms with Crippen LogP contribution in [-0.2, 0) is 11.2 Å². The summed E-state index contributed by atoms with van der Waals surface area (Å²) in [6.45, 7) is 9.72. The number of benzene rings is 1. The van der Waals surface area contributed by atoms with Gasteiger partial charge >= 0.3 is 6.18 Å². The quantitative estimate of drug-likeness (QED) is 0.111. The van der Waals surface area contributed by atoms with Crippen LogP contribution in [0.1, 0.15) is 91.7 Å². The van der Waals surface area contributed by atoms with E-state index >= 15 is 0 Å². The minimum atomic E-state index is -4.54. The van der Waals surface area contributed by atoms with Crippen molar-refractivity contribution < 1.29 is 22.8 Å². The van der Waals surface area contributed by atoms with Crippen LogP contribution in [-0.4, -0.2) is 44.4 Å². The average molecular weight is 579 g/mol. The topological polar surface area (TPSA) is 76.7 Å². The molecule has 1 aliphatic rings. The summed E-state index contributed by atoms with van der Waals surface area (Å²) in [6.07, 6.45) is 6.94. The predicted octanol–water partition coefficient (Wildman–Crippen LogP) is 7.72. The number of allylic oxidation sites excluding steroid dienone is 2. The Labute approximate surface area is 244 Å². The first-order valence-corrected chi connectivity index (χ1v) is 14.4. The SMILES string of the molecule is C=C(C)CC[C@H](C)C(=O)CCCCCC(=O)c1ccc(Cc2nccn3c(C4=CCN=C4C(F)(F)F)cnc23)cc1C. The van der Waals surface area contributed by atoms with Gasteiger partial charge in [0.05, 0.1) is 24.1 Å². The fourth-order valence-electron chi connectivity index (χ4n) is 5.28. The molecular formula is C33H37F3N4O2. The van der Waals surface area contributed by atoms with Gasteiger partial charge in [-0.2, -0.15) is 13.2 Å². The third-order valence-electron chi connectivity index (χ3n) is 7.69. The van der Waals surface area contributed by atoms with Crippen molar-refractivity contribution in [2.75, 3.05) is 6.54 Å². The molecule has 0 N–H and O–H groups in total. The second-order valence-electron chi connectivity index (χ2n) is 11.2. The Morgan fingerprint density at radius 1 is 1.10 bits per heavy atom. The Balaban J connectivity index is 1.34. The second-order valence-corrected chi connectivity index (χ2v) is 11.2. The Hall–Kier alpha value is -3.88. The van der Waals surface area contributed by atoms with Gasteiger partial charge < -0.3 is 0 Å². The summed E-state index contributed by atoms with van der Waals surface area (Å²) < 4.78 is 42.0. The summed E-state index contributed by atoms with van der Waals surface area (Å²) in [6, 6.07) is 5.65. The molecule has 0 bridgehead atoms. The van der Waals surface area contributed by atoms with E-state index in [1.165, 1.54) is 12.3 Å². The number of aromatic nitrogens is 3. The van der Waals surface area contributed by atoms with E-state index in [4.69, 9.17) is 0 Å². The zero-order valence-corrected chi connectivity index (χ0v) is 24.4. The van der Waals surface area contributed by atoms with Crippen molar-refractivity contribution in [3.05, 3.63) is 83.1 Å². The standard InChI is InChI=1S/C33H37F3N4O2/c1-21(2)10-11-22(3)29(41)8-6-5-7-9-30(42)25-13-12-24(18-23(25)4)19-27-32-39-20-28(40(32)17-16-37-27)26-14-15-38-31(26)33(34,35)36/h12-14,16-18,20,22H,1,5-11,15,19H2,2-4H3/t22-/m0/s1. The highest BCUT2D eigenvalue weighted by atomic mass is 19.4. The maximum absolute atomic E-state index is 13.4. The van der Waals surface area contributed by atoms with Gasteiger partial charge in [-0.25, -0.2) is 4.98 Å². The molecule has 1 aromatic carbocycles. The number of unbranched alkanes of at least 4 members (excludes halogenated alkanes) is 2. The zero-order valence-electron chi connectivity index (χ0n) is 24.4. The highest BCUT2D eigenvalue weighted by Crippen LogP contribution is 2.32. The van der Waals surface area contributed by atoms with Gasteiger partial charge in [-0.05, 0) is 50.7 Å².